The third-order valence-corrected chi connectivity index (χ3v) is 4.72. The fourth-order valence-electron chi connectivity index (χ4n) is 3.66. The van der Waals surface area contributed by atoms with Crippen molar-refractivity contribution in [2.45, 2.75) is 51.9 Å². The maximum Gasteiger partial charge on any atom is 0.119 e. The first-order valence-electron chi connectivity index (χ1n) is 8.21. The number of rotatable bonds is 6. The second-order valence-electron chi connectivity index (χ2n) is 6.07. The summed E-state index contributed by atoms with van der Waals surface area (Å²) in [6, 6.07) is 8.70. The van der Waals surface area contributed by atoms with Gasteiger partial charge in [-0.3, -0.25) is 0 Å². The van der Waals surface area contributed by atoms with Crippen LogP contribution >= 0.6 is 0 Å². The van der Waals surface area contributed by atoms with E-state index in [4.69, 9.17) is 10.5 Å². The van der Waals surface area contributed by atoms with Gasteiger partial charge in [0, 0.05) is 0 Å². The molecule has 3 atom stereocenters. The van der Waals surface area contributed by atoms with E-state index >= 15 is 0 Å². The predicted octanol–water partition coefficient (Wildman–Crippen LogP) is 4.34. The Labute approximate surface area is 123 Å². The summed E-state index contributed by atoms with van der Waals surface area (Å²) in [5.41, 5.74) is 7.45. The van der Waals surface area contributed by atoms with Gasteiger partial charge >= 0.3 is 0 Å². The van der Waals surface area contributed by atoms with Crippen molar-refractivity contribution in [3.63, 3.8) is 0 Å². The zero-order valence-corrected chi connectivity index (χ0v) is 13.0. The van der Waals surface area contributed by atoms with Crippen LogP contribution in [0.1, 0.15) is 57.4 Å². The topological polar surface area (TPSA) is 35.2 Å². The molecule has 0 aromatic heterocycles. The Hall–Kier alpha value is -1.02. The first kappa shape index (κ1) is 15.4. The third-order valence-electron chi connectivity index (χ3n) is 4.72. The van der Waals surface area contributed by atoms with Crippen molar-refractivity contribution in [3.8, 4) is 5.75 Å². The lowest BCUT2D eigenvalue weighted by Crippen LogP contribution is -2.29. The van der Waals surface area contributed by atoms with E-state index in [1.165, 1.54) is 37.7 Å². The predicted molar refractivity (Wildman–Crippen MR) is 85.1 cm³/mol. The van der Waals surface area contributed by atoms with E-state index in [2.05, 4.69) is 31.2 Å². The molecular weight excluding hydrogens is 246 g/mol. The Morgan fingerprint density at radius 1 is 1.15 bits per heavy atom. The minimum atomic E-state index is 0.640. The molecule has 3 unspecified atom stereocenters. The van der Waals surface area contributed by atoms with E-state index < -0.39 is 0 Å². The Morgan fingerprint density at radius 3 is 2.50 bits per heavy atom. The number of nitrogens with two attached hydrogens (primary N) is 1. The Morgan fingerprint density at radius 2 is 1.90 bits per heavy atom. The minimum absolute atomic E-state index is 0.640. The van der Waals surface area contributed by atoms with Gasteiger partial charge in [0.2, 0.25) is 0 Å². The van der Waals surface area contributed by atoms with E-state index in [1.807, 2.05) is 6.92 Å². The molecule has 2 heteroatoms. The lowest BCUT2D eigenvalue weighted by molar-refractivity contribution is 0.230. The van der Waals surface area contributed by atoms with Crippen LogP contribution in [0.15, 0.2) is 24.3 Å². The summed E-state index contributed by atoms with van der Waals surface area (Å²) in [4.78, 5) is 0. The molecule has 2 rings (SSSR count). The Bertz CT molecular complexity index is 387. The lowest BCUT2D eigenvalue weighted by Gasteiger charge is -2.36. The van der Waals surface area contributed by atoms with Gasteiger partial charge in [-0.15, -0.1) is 0 Å². The minimum Gasteiger partial charge on any atom is -0.494 e. The van der Waals surface area contributed by atoms with Crippen LogP contribution < -0.4 is 10.5 Å². The molecule has 0 heterocycles. The van der Waals surface area contributed by atoms with Gasteiger partial charge in [0.1, 0.15) is 5.75 Å². The van der Waals surface area contributed by atoms with Gasteiger partial charge < -0.3 is 10.5 Å². The average molecular weight is 275 g/mol. The maximum absolute atomic E-state index is 6.00. The molecule has 1 aromatic rings. The second-order valence-corrected chi connectivity index (χ2v) is 6.07. The molecule has 0 saturated heterocycles. The highest BCUT2D eigenvalue weighted by atomic mass is 16.5. The highest BCUT2D eigenvalue weighted by molar-refractivity contribution is 5.30. The molecule has 0 aliphatic heterocycles. The number of hydrogen-bond acceptors (Lipinski definition) is 2. The van der Waals surface area contributed by atoms with Crippen LogP contribution in [-0.4, -0.2) is 13.2 Å². The number of ether oxygens (including phenoxy) is 1. The summed E-state index contributed by atoms with van der Waals surface area (Å²) in [6.45, 7) is 5.86. The monoisotopic (exact) mass is 275 g/mol. The SMILES string of the molecule is CCCC1CCC(CN)C(c2ccc(OCC)cc2)C1. The van der Waals surface area contributed by atoms with Crippen molar-refractivity contribution in [1.82, 2.24) is 0 Å². The molecular formula is C18H29NO. The third kappa shape index (κ3) is 3.76. The molecule has 1 aliphatic rings. The summed E-state index contributed by atoms with van der Waals surface area (Å²) in [5.74, 6) is 3.16. The lowest BCUT2D eigenvalue weighted by atomic mass is 9.70. The normalized spacial score (nSPS) is 26.4. The van der Waals surface area contributed by atoms with E-state index in [0.717, 1.165) is 24.8 Å². The van der Waals surface area contributed by atoms with E-state index in [0.29, 0.717) is 11.8 Å². The number of hydrogen-bond donors (Lipinski definition) is 1. The van der Waals surface area contributed by atoms with Gasteiger partial charge in [-0.2, -0.15) is 0 Å². The molecule has 1 fully saturated rings. The fourth-order valence-corrected chi connectivity index (χ4v) is 3.66. The van der Waals surface area contributed by atoms with Crippen molar-refractivity contribution in [3.05, 3.63) is 29.8 Å². The van der Waals surface area contributed by atoms with E-state index in [-0.39, 0.29) is 0 Å². The molecule has 1 aliphatic carbocycles. The first-order chi connectivity index (χ1) is 9.78. The molecule has 0 spiro atoms. The smallest absolute Gasteiger partial charge is 0.119 e. The number of benzene rings is 1. The van der Waals surface area contributed by atoms with Gasteiger partial charge in [-0.05, 0) is 61.8 Å². The Kier molecular flexibility index (Phi) is 5.90. The molecule has 2 N–H and O–H groups in total. The first-order valence-corrected chi connectivity index (χ1v) is 8.21. The van der Waals surface area contributed by atoms with Crippen LogP contribution in [0.5, 0.6) is 5.75 Å². The molecule has 0 bridgehead atoms. The fraction of sp³-hybridized carbons (Fsp3) is 0.667. The average Bonchev–Trinajstić information content (AvgIpc) is 2.49. The van der Waals surface area contributed by atoms with Crippen molar-refractivity contribution >= 4 is 0 Å². The molecule has 1 saturated carbocycles. The van der Waals surface area contributed by atoms with Crippen LogP contribution in [-0.2, 0) is 0 Å². The molecule has 0 radical (unpaired) electrons. The van der Waals surface area contributed by atoms with E-state index in [1.54, 1.807) is 0 Å². The van der Waals surface area contributed by atoms with Crippen LogP contribution in [0.3, 0.4) is 0 Å². The van der Waals surface area contributed by atoms with Crippen molar-refractivity contribution in [1.29, 1.82) is 0 Å². The molecule has 112 valence electrons. The second kappa shape index (κ2) is 7.68. The summed E-state index contributed by atoms with van der Waals surface area (Å²) in [5, 5.41) is 0. The molecule has 20 heavy (non-hydrogen) atoms. The van der Waals surface area contributed by atoms with E-state index in [9.17, 15) is 0 Å². The van der Waals surface area contributed by atoms with Gasteiger partial charge in [0.15, 0.2) is 0 Å². The van der Waals surface area contributed by atoms with Crippen molar-refractivity contribution < 1.29 is 4.74 Å². The largest absolute Gasteiger partial charge is 0.494 e. The van der Waals surface area contributed by atoms with Crippen LogP contribution in [0.2, 0.25) is 0 Å². The van der Waals surface area contributed by atoms with Crippen LogP contribution in [0.25, 0.3) is 0 Å². The summed E-state index contributed by atoms with van der Waals surface area (Å²) in [6.07, 6.45) is 6.63. The summed E-state index contributed by atoms with van der Waals surface area (Å²) in [7, 11) is 0. The highest BCUT2D eigenvalue weighted by Crippen LogP contribution is 2.42. The molecule has 0 amide bonds. The van der Waals surface area contributed by atoms with Crippen LogP contribution in [0.4, 0.5) is 0 Å². The van der Waals surface area contributed by atoms with Crippen molar-refractivity contribution in [2.75, 3.05) is 13.2 Å². The molecule has 2 nitrogen and oxygen atoms in total. The van der Waals surface area contributed by atoms with Gasteiger partial charge in [-0.1, -0.05) is 38.3 Å². The maximum atomic E-state index is 6.00. The highest BCUT2D eigenvalue weighted by Gasteiger charge is 2.30. The van der Waals surface area contributed by atoms with Crippen molar-refractivity contribution in [2.24, 2.45) is 17.6 Å². The Balaban J connectivity index is 2.09. The molecule has 1 aromatic carbocycles. The summed E-state index contributed by atoms with van der Waals surface area (Å²) < 4.78 is 5.54. The zero-order valence-electron chi connectivity index (χ0n) is 13.0. The summed E-state index contributed by atoms with van der Waals surface area (Å²) >= 11 is 0. The van der Waals surface area contributed by atoms with Gasteiger partial charge in [0.05, 0.1) is 6.61 Å². The van der Waals surface area contributed by atoms with Crippen LogP contribution in [0, 0.1) is 11.8 Å². The van der Waals surface area contributed by atoms with Gasteiger partial charge in [-0.25, -0.2) is 0 Å². The zero-order chi connectivity index (χ0) is 14.4. The van der Waals surface area contributed by atoms with Gasteiger partial charge in [0.25, 0.3) is 0 Å². The standard InChI is InChI=1S/C18H29NO/c1-3-5-14-6-7-16(13-19)18(12-14)15-8-10-17(11-9-15)20-4-2/h8-11,14,16,18H,3-7,12-13,19H2,1-2H3. The quantitative estimate of drug-likeness (QED) is 0.838.